The van der Waals surface area contributed by atoms with Crippen LogP contribution in [-0.4, -0.2) is 23.0 Å². The number of ether oxygens (including phenoxy) is 2. The van der Waals surface area contributed by atoms with Crippen molar-refractivity contribution in [2.24, 2.45) is 0 Å². The molecule has 1 aromatic heterocycles. The quantitative estimate of drug-likeness (QED) is 0.404. The Hall–Kier alpha value is -3.74. The first kappa shape index (κ1) is 19.6. The lowest BCUT2D eigenvalue weighted by Gasteiger charge is -2.22. The van der Waals surface area contributed by atoms with Crippen molar-refractivity contribution in [2.45, 2.75) is 32.3 Å². The lowest BCUT2D eigenvalue weighted by atomic mass is 9.89. The number of nitrogens with one attached hydrogen (secondary N) is 1. The number of hydrogen-bond acceptors (Lipinski definition) is 6. The van der Waals surface area contributed by atoms with E-state index in [0.29, 0.717) is 18.6 Å². The average Bonchev–Trinajstić information content (AvgIpc) is 2.73. The summed E-state index contributed by atoms with van der Waals surface area (Å²) in [6.45, 7) is 1.90. The molecule has 3 aromatic rings. The molecule has 1 unspecified atom stereocenters. The molecule has 1 N–H and O–H groups in total. The van der Waals surface area contributed by atoms with Crippen LogP contribution < -0.4 is 10.1 Å². The fraction of sp³-hybridized carbons (Fsp3) is 0.217. The molecule has 0 saturated carbocycles. The van der Waals surface area contributed by atoms with Crippen LogP contribution in [0.3, 0.4) is 0 Å². The largest absolute Gasteiger partial charge is 0.514 e. The fourth-order valence-corrected chi connectivity index (χ4v) is 3.51. The average molecular weight is 404 g/mol. The van der Waals surface area contributed by atoms with Gasteiger partial charge in [0.05, 0.1) is 11.4 Å². The molecule has 2 amide bonds. The monoisotopic (exact) mass is 404 g/mol. The molecule has 1 aliphatic heterocycles. The second-order valence-corrected chi connectivity index (χ2v) is 7.15. The first-order valence-corrected chi connectivity index (χ1v) is 9.63. The van der Waals surface area contributed by atoms with Gasteiger partial charge in [-0.2, -0.15) is 0 Å². The van der Waals surface area contributed by atoms with Gasteiger partial charge in [-0.05, 0) is 48.7 Å². The number of aryl methyl sites for hydroxylation is 1. The molecule has 2 heterocycles. The van der Waals surface area contributed by atoms with Crippen LogP contribution in [0.25, 0.3) is 10.9 Å². The maximum absolute atomic E-state index is 12.2. The first-order chi connectivity index (χ1) is 14.5. The van der Waals surface area contributed by atoms with E-state index in [4.69, 9.17) is 9.47 Å². The van der Waals surface area contributed by atoms with Crippen LogP contribution in [0, 0.1) is 6.92 Å². The molecule has 4 rings (SSSR count). The smallest absolute Gasteiger partial charge is 0.429 e. The van der Waals surface area contributed by atoms with Gasteiger partial charge in [0.1, 0.15) is 12.4 Å². The minimum Gasteiger partial charge on any atom is -0.429 e. The van der Waals surface area contributed by atoms with Crippen LogP contribution >= 0.6 is 0 Å². The Kier molecular flexibility index (Phi) is 5.43. The number of carbonyl (C=O) groups excluding carboxylic acids is 3. The van der Waals surface area contributed by atoms with Crippen molar-refractivity contribution < 1.29 is 23.9 Å². The van der Waals surface area contributed by atoms with Crippen LogP contribution in [0.1, 0.15) is 35.6 Å². The third-order valence-electron chi connectivity index (χ3n) is 5.03. The number of carbonyl (C=O) groups is 3. The number of imide groups is 1. The highest BCUT2D eigenvalue weighted by Gasteiger charge is 2.29. The Morgan fingerprint density at radius 2 is 1.93 bits per heavy atom. The molecule has 1 fully saturated rings. The summed E-state index contributed by atoms with van der Waals surface area (Å²) in [5, 5.41) is 3.26. The Labute approximate surface area is 173 Å². The van der Waals surface area contributed by atoms with Crippen LogP contribution in [0.2, 0.25) is 0 Å². The molecule has 1 saturated heterocycles. The van der Waals surface area contributed by atoms with Crippen molar-refractivity contribution in [1.29, 1.82) is 0 Å². The van der Waals surface area contributed by atoms with Crippen LogP contribution in [0.4, 0.5) is 4.79 Å². The van der Waals surface area contributed by atoms with E-state index in [1.165, 1.54) is 0 Å². The Morgan fingerprint density at radius 1 is 1.13 bits per heavy atom. The summed E-state index contributed by atoms with van der Waals surface area (Å²) in [7, 11) is 0. The zero-order chi connectivity index (χ0) is 21.1. The molecule has 0 radical (unpaired) electrons. The zero-order valence-electron chi connectivity index (χ0n) is 16.4. The lowest BCUT2D eigenvalue weighted by Crippen LogP contribution is -2.39. The minimum absolute atomic E-state index is 0.0528. The van der Waals surface area contributed by atoms with Crippen molar-refractivity contribution in [3.8, 4) is 5.75 Å². The van der Waals surface area contributed by atoms with Crippen molar-refractivity contribution in [3.05, 3.63) is 71.4 Å². The van der Waals surface area contributed by atoms with Gasteiger partial charge in [-0.3, -0.25) is 19.9 Å². The Bertz CT molecular complexity index is 1130. The van der Waals surface area contributed by atoms with E-state index in [-0.39, 0.29) is 24.3 Å². The molecule has 0 aliphatic carbocycles. The maximum atomic E-state index is 12.2. The minimum atomic E-state index is -0.779. The molecule has 0 bridgehead atoms. The van der Waals surface area contributed by atoms with Gasteiger partial charge in [-0.15, -0.1) is 0 Å². The van der Waals surface area contributed by atoms with Gasteiger partial charge in [0.25, 0.3) is 0 Å². The number of hydrogen-bond donors (Lipinski definition) is 1. The molecule has 1 atom stereocenters. The van der Waals surface area contributed by atoms with Crippen LogP contribution in [0.15, 0.2) is 54.6 Å². The van der Waals surface area contributed by atoms with E-state index < -0.39 is 6.16 Å². The highest BCUT2D eigenvalue weighted by atomic mass is 16.7. The standard InChI is InChI=1S/C23H20N2O5/c1-14-19(18-9-10-21(26)25-22(18)27)12-16-8-7-15(11-20(16)24-14)13-29-23(28)30-17-5-3-2-4-6-17/h2-8,11-12,18H,9-10,13H2,1H3,(H,25,26,27). The van der Waals surface area contributed by atoms with E-state index in [2.05, 4.69) is 10.3 Å². The highest BCUT2D eigenvalue weighted by Crippen LogP contribution is 2.29. The van der Waals surface area contributed by atoms with Crippen molar-refractivity contribution >= 4 is 28.9 Å². The van der Waals surface area contributed by atoms with Crippen LogP contribution in [0.5, 0.6) is 5.75 Å². The summed E-state index contributed by atoms with van der Waals surface area (Å²) >= 11 is 0. The number of para-hydroxylation sites is 1. The summed E-state index contributed by atoms with van der Waals surface area (Å²) < 4.78 is 10.3. The topological polar surface area (TPSA) is 94.6 Å². The predicted molar refractivity (Wildman–Crippen MR) is 109 cm³/mol. The molecular weight excluding hydrogens is 384 g/mol. The second kappa shape index (κ2) is 8.32. The first-order valence-electron chi connectivity index (χ1n) is 9.63. The summed E-state index contributed by atoms with van der Waals surface area (Å²) in [6, 6.07) is 16.2. The van der Waals surface area contributed by atoms with Gasteiger partial charge >= 0.3 is 6.16 Å². The number of benzene rings is 2. The van der Waals surface area contributed by atoms with Crippen molar-refractivity contribution in [1.82, 2.24) is 10.3 Å². The third kappa shape index (κ3) is 4.30. The summed E-state index contributed by atoms with van der Waals surface area (Å²) in [5.74, 6) is -0.481. The van der Waals surface area contributed by atoms with Gasteiger partial charge in [0.15, 0.2) is 0 Å². The number of aromatic nitrogens is 1. The van der Waals surface area contributed by atoms with Gasteiger partial charge < -0.3 is 9.47 Å². The molecule has 1 aliphatic rings. The molecule has 30 heavy (non-hydrogen) atoms. The molecule has 2 aromatic carbocycles. The van der Waals surface area contributed by atoms with Gasteiger partial charge in [0, 0.05) is 17.5 Å². The third-order valence-corrected chi connectivity index (χ3v) is 5.03. The van der Waals surface area contributed by atoms with E-state index in [1.54, 1.807) is 24.3 Å². The van der Waals surface area contributed by atoms with E-state index >= 15 is 0 Å². The molecule has 0 spiro atoms. The summed E-state index contributed by atoms with van der Waals surface area (Å²) in [4.78, 5) is 40.1. The summed E-state index contributed by atoms with van der Waals surface area (Å²) in [6.07, 6.45) is 0.0239. The molecule has 152 valence electrons. The number of piperidine rings is 1. The lowest BCUT2D eigenvalue weighted by molar-refractivity contribution is -0.134. The van der Waals surface area contributed by atoms with E-state index in [9.17, 15) is 14.4 Å². The molecule has 7 heteroatoms. The van der Waals surface area contributed by atoms with Crippen LogP contribution in [-0.2, 0) is 20.9 Å². The molecule has 7 nitrogen and oxygen atoms in total. The fourth-order valence-electron chi connectivity index (χ4n) is 3.51. The van der Waals surface area contributed by atoms with Crippen molar-refractivity contribution in [2.75, 3.05) is 0 Å². The summed E-state index contributed by atoms with van der Waals surface area (Å²) in [5.41, 5.74) is 3.07. The van der Waals surface area contributed by atoms with Gasteiger partial charge in [0.2, 0.25) is 11.8 Å². The number of nitrogens with zero attached hydrogens (tertiary/aromatic N) is 1. The SMILES string of the molecule is Cc1nc2cc(COC(=O)Oc3ccccc3)ccc2cc1C1CCC(=O)NC1=O. The highest BCUT2D eigenvalue weighted by molar-refractivity contribution is 6.01. The van der Waals surface area contributed by atoms with Gasteiger partial charge in [-0.25, -0.2) is 4.79 Å². The number of pyridine rings is 1. The number of rotatable bonds is 4. The normalized spacial score (nSPS) is 16.2. The van der Waals surface area contributed by atoms with E-state index in [0.717, 1.165) is 27.7 Å². The Balaban J connectivity index is 1.47. The maximum Gasteiger partial charge on any atom is 0.514 e. The van der Waals surface area contributed by atoms with E-state index in [1.807, 2.05) is 37.3 Å². The number of fused-ring (bicyclic) bond motifs is 1. The molecular formula is C23H20N2O5. The zero-order valence-corrected chi connectivity index (χ0v) is 16.4. The second-order valence-electron chi connectivity index (χ2n) is 7.15. The number of amides is 2. The van der Waals surface area contributed by atoms with Gasteiger partial charge in [-0.1, -0.05) is 30.3 Å². The Morgan fingerprint density at radius 3 is 2.70 bits per heavy atom. The van der Waals surface area contributed by atoms with Crippen molar-refractivity contribution in [3.63, 3.8) is 0 Å². The predicted octanol–water partition coefficient (Wildman–Crippen LogP) is 3.78.